The predicted molar refractivity (Wildman–Crippen MR) is 66.5 cm³/mol. The van der Waals surface area contributed by atoms with Crippen molar-refractivity contribution in [2.24, 2.45) is 0 Å². The van der Waals surface area contributed by atoms with E-state index in [0.717, 1.165) is 18.1 Å². The van der Waals surface area contributed by atoms with E-state index in [9.17, 15) is 0 Å². The fourth-order valence-corrected chi connectivity index (χ4v) is 4.35. The molecule has 0 bridgehead atoms. The van der Waals surface area contributed by atoms with Gasteiger partial charge in [-0.2, -0.15) is 11.8 Å². The van der Waals surface area contributed by atoms with Crippen LogP contribution in [0.1, 0.15) is 32.1 Å². The first-order chi connectivity index (χ1) is 7.45. The van der Waals surface area contributed by atoms with Gasteiger partial charge in [-0.3, -0.25) is 4.90 Å². The molecule has 2 nitrogen and oxygen atoms in total. The number of thioether (sulfide) groups is 1. The fraction of sp³-hybridized carbons (Fsp3) is 1.00. The lowest BCUT2D eigenvalue weighted by molar-refractivity contribution is 0.111. The van der Waals surface area contributed by atoms with Crippen LogP contribution in [0.3, 0.4) is 0 Å². The van der Waals surface area contributed by atoms with E-state index in [0.29, 0.717) is 0 Å². The van der Waals surface area contributed by atoms with Crippen molar-refractivity contribution in [2.75, 3.05) is 24.6 Å². The van der Waals surface area contributed by atoms with Crippen LogP contribution in [0.4, 0.5) is 0 Å². The molecule has 1 unspecified atom stereocenters. The van der Waals surface area contributed by atoms with Crippen LogP contribution in [0, 0.1) is 0 Å². The molecule has 0 aromatic rings. The third-order valence-electron chi connectivity index (χ3n) is 4.03. The number of hydrogen-bond acceptors (Lipinski definition) is 3. The van der Waals surface area contributed by atoms with E-state index in [2.05, 4.69) is 22.0 Å². The summed E-state index contributed by atoms with van der Waals surface area (Å²) in [5, 5.41) is 3.49. The Bertz CT molecular complexity index is 206. The van der Waals surface area contributed by atoms with Crippen LogP contribution in [-0.2, 0) is 0 Å². The van der Waals surface area contributed by atoms with E-state index >= 15 is 0 Å². The number of rotatable bonds is 3. The number of piperidine rings is 1. The molecule has 1 N–H and O–H groups in total. The highest BCUT2D eigenvalue weighted by Crippen LogP contribution is 2.36. The molecule has 1 aliphatic carbocycles. The summed E-state index contributed by atoms with van der Waals surface area (Å²) in [6.07, 6.45) is 7.18. The molecule has 3 heteroatoms. The normalized spacial score (nSPS) is 33.8. The van der Waals surface area contributed by atoms with E-state index in [4.69, 9.17) is 0 Å². The van der Waals surface area contributed by atoms with Gasteiger partial charge in [0, 0.05) is 23.9 Å². The Morgan fingerprint density at radius 3 is 2.20 bits per heavy atom. The summed E-state index contributed by atoms with van der Waals surface area (Å²) in [4.78, 5) is 2.92. The van der Waals surface area contributed by atoms with Gasteiger partial charge in [0.2, 0.25) is 0 Å². The highest BCUT2D eigenvalue weighted by atomic mass is 32.2. The van der Waals surface area contributed by atoms with Crippen molar-refractivity contribution in [3.05, 3.63) is 0 Å². The van der Waals surface area contributed by atoms with Gasteiger partial charge in [0.15, 0.2) is 0 Å². The second-order valence-corrected chi connectivity index (χ2v) is 6.33. The van der Waals surface area contributed by atoms with Crippen LogP contribution in [-0.4, -0.2) is 47.6 Å². The second-order valence-electron chi connectivity index (χ2n) is 5.18. The van der Waals surface area contributed by atoms with Crippen molar-refractivity contribution in [3.63, 3.8) is 0 Å². The number of hydrogen-bond donors (Lipinski definition) is 1. The molecule has 2 aliphatic heterocycles. The fourth-order valence-electron chi connectivity index (χ4n) is 3.13. The third kappa shape index (κ3) is 2.34. The molecule has 0 aromatic carbocycles. The van der Waals surface area contributed by atoms with Gasteiger partial charge in [0.05, 0.1) is 0 Å². The predicted octanol–water partition coefficient (Wildman–Crippen LogP) is 1.71. The lowest BCUT2D eigenvalue weighted by Crippen LogP contribution is -2.49. The molecule has 0 spiro atoms. The molecular formula is C12H22N2S. The van der Waals surface area contributed by atoms with Gasteiger partial charge < -0.3 is 5.32 Å². The Kier molecular flexibility index (Phi) is 3.23. The Labute approximate surface area is 97.2 Å². The largest absolute Gasteiger partial charge is 0.317 e. The van der Waals surface area contributed by atoms with Gasteiger partial charge in [-0.25, -0.2) is 0 Å². The molecule has 2 heterocycles. The lowest BCUT2D eigenvalue weighted by Gasteiger charge is -2.38. The third-order valence-corrected chi connectivity index (χ3v) is 5.17. The van der Waals surface area contributed by atoms with Gasteiger partial charge in [0.25, 0.3) is 0 Å². The lowest BCUT2D eigenvalue weighted by atomic mass is 10.0. The Morgan fingerprint density at radius 2 is 1.60 bits per heavy atom. The minimum absolute atomic E-state index is 0.905. The van der Waals surface area contributed by atoms with Crippen LogP contribution in [0.25, 0.3) is 0 Å². The average molecular weight is 226 g/mol. The highest BCUT2D eigenvalue weighted by molar-refractivity contribution is 7.99. The van der Waals surface area contributed by atoms with Crippen molar-refractivity contribution in [1.82, 2.24) is 10.2 Å². The Hall–Kier alpha value is 0.270. The van der Waals surface area contributed by atoms with Crippen LogP contribution < -0.4 is 5.32 Å². The zero-order valence-electron chi connectivity index (χ0n) is 9.45. The van der Waals surface area contributed by atoms with Crippen molar-refractivity contribution in [1.29, 1.82) is 0 Å². The van der Waals surface area contributed by atoms with Crippen LogP contribution in [0.2, 0.25) is 0 Å². The van der Waals surface area contributed by atoms with E-state index in [1.54, 1.807) is 0 Å². The number of nitrogens with zero attached hydrogens (tertiary/aromatic N) is 1. The summed E-state index contributed by atoms with van der Waals surface area (Å²) in [5.41, 5.74) is 0. The van der Waals surface area contributed by atoms with E-state index in [1.807, 2.05) is 0 Å². The molecule has 1 atom stereocenters. The molecule has 0 aromatic heterocycles. The summed E-state index contributed by atoms with van der Waals surface area (Å²) in [6.45, 7) is 2.49. The molecule has 15 heavy (non-hydrogen) atoms. The van der Waals surface area contributed by atoms with Gasteiger partial charge in [0.1, 0.15) is 0 Å². The van der Waals surface area contributed by atoms with Crippen molar-refractivity contribution in [3.8, 4) is 0 Å². The van der Waals surface area contributed by atoms with Crippen LogP contribution >= 0.6 is 11.8 Å². The maximum atomic E-state index is 3.49. The van der Waals surface area contributed by atoms with Crippen molar-refractivity contribution < 1.29 is 0 Å². The summed E-state index contributed by atoms with van der Waals surface area (Å²) >= 11 is 2.16. The molecule has 2 saturated heterocycles. The van der Waals surface area contributed by atoms with Gasteiger partial charge in [-0.15, -0.1) is 0 Å². The first-order valence-electron chi connectivity index (χ1n) is 6.51. The minimum Gasteiger partial charge on any atom is -0.317 e. The van der Waals surface area contributed by atoms with E-state index in [-0.39, 0.29) is 0 Å². The first kappa shape index (κ1) is 10.4. The van der Waals surface area contributed by atoms with E-state index < -0.39 is 0 Å². The van der Waals surface area contributed by atoms with Crippen molar-refractivity contribution >= 4 is 11.8 Å². The Balaban J connectivity index is 1.65. The topological polar surface area (TPSA) is 15.3 Å². The second kappa shape index (κ2) is 4.64. The molecule has 1 saturated carbocycles. The molecule has 3 fully saturated rings. The van der Waals surface area contributed by atoms with Gasteiger partial charge >= 0.3 is 0 Å². The smallest absolute Gasteiger partial charge is 0.0200 e. The van der Waals surface area contributed by atoms with Crippen LogP contribution in [0.5, 0.6) is 0 Å². The maximum Gasteiger partial charge on any atom is 0.0200 e. The molecular weight excluding hydrogens is 204 g/mol. The molecule has 3 rings (SSSR count). The standard InChI is InChI=1S/C12H22N2S/c1-2-10(1)14(12-5-8-15-9-12)11-3-6-13-7-4-11/h10-13H,1-9H2. The monoisotopic (exact) mass is 226 g/mol. The SMILES string of the molecule is C1CC(N(C2CC2)C2CCSC2)CCN1. The van der Waals surface area contributed by atoms with Gasteiger partial charge in [-0.05, 0) is 50.9 Å². The van der Waals surface area contributed by atoms with Crippen LogP contribution in [0.15, 0.2) is 0 Å². The summed E-state index contributed by atoms with van der Waals surface area (Å²) in [5.74, 6) is 2.80. The average Bonchev–Trinajstić information content (AvgIpc) is 2.96. The molecule has 0 amide bonds. The van der Waals surface area contributed by atoms with E-state index in [1.165, 1.54) is 56.7 Å². The molecule has 3 aliphatic rings. The first-order valence-corrected chi connectivity index (χ1v) is 7.66. The van der Waals surface area contributed by atoms with Gasteiger partial charge in [-0.1, -0.05) is 0 Å². The summed E-state index contributed by atoms with van der Waals surface area (Å²) in [6, 6.07) is 2.80. The zero-order chi connectivity index (χ0) is 10.1. The minimum atomic E-state index is 0.905. The number of nitrogens with one attached hydrogen (secondary N) is 1. The van der Waals surface area contributed by atoms with Crippen molar-refractivity contribution in [2.45, 2.75) is 50.2 Å². The molecule has 0 radical (unpaired) electrons. The summed E-state index contributed by atoms with van der Waals surface area (Å²) in [7, 11) is 0. The quantitative estimate of drug-likeness (QED) is 0.789. The zero-order valence-corrected chi connectivity index (χ0v) is 10.3. The summed E-state index contributed by atoms with van der Waals surface area (Å²) < 4.78 is 0. The highest BCUT2D eigenvalue weighted by Gasteiger charge is 2.39. The maximum absolute atomic E-state index is 3.49. The Morgan fingerprint density at radius 1 is 0.867 bits per heavy atom. The molecule has 86 valence electrons.